The molecule has 0 unspecified atom stereocenters. The SMILES string of the molecule is O=[N+]([O-])c1ccc(O)c(SCc2nnnn2-c2ccccc2)c1. The molecule has 1 aromatic heterocycles. The van der Waals surface area contributed by atoms with Crippen molar-refractivity contribution in [2.45, 2.75) is 10.6 Å². The summed E-state index contributed by atoms with van der Waals surface area (Å²) in [4.78, 5) is 10.7. The second kappa shape index (κ2) is 6.44. The molecule has 0 spiro atoms. The molecule has 3 aromatic rings. The van der Waals surface area contributed by atoms with Gasteiger partial charge in [-0.3, -0.25) is 10.1 Å². The second-order valence-corrected chi connectivity index (χ2v) is 5.56. The van der Waals surface area contributed by atoms with Gasteiger partial charge in [-0.2, -0.15) is 4.68 Å². The fraction of sp³-hybridized carbons (Fsp3) is 0.0714. The average Bonchev–Trinajstić information content (AvgIpc) is 3.03. The predicted octanol–water partition coefficient (Wildman–Crippen LogP) is 2.57. The minimum atomic E-state index is -0.502. The van der Waals surface area contributed by atoms with Gasteiger partial charge in [-0.05, 0) is 28.6 Å². The van der Waals surface area contributed by atoms with Crippen molar-refractivity contribution >= 4 is 17.4 Å². The van der Waals surface area contributed by atoms with Gasteiger partial charge < -0.3 is 5.11 Å². The number of aromatic hydroxyl groups is 1. The van der Waals surface area contributed by atoms with Crippen LogP contribution in [0.5, 0.6) is 5.75 Å². The summed E-state index contributed by atoms with van der Waals surface area (Å²) in [6.07, 6.45) is 0. The number of para-hydroxylation sites is 1. The number of hydrogen-bond acceptors (Lipinski definition) is 7. The summed E-state index contributed by atoms with van der Waals surface area (Å²) in [6, 6.07) is 13.3. The third-order valence-corrected chi connectivity index (χ3v) is 4.09. The van der Waals surface area contributed by atoms with E-state index < -0.39 is 4.92 Å². The average molecular weight is 329 g/mol. The first-order chi connectivity index (χ1) is 11.1. The number of benzene rings is 2. The number of thioether (sulfide) groups is 1. The first-order valence-corrected chi connectivity index (χ1v) is 7.56. The summed E-state index contributed by atoms with van der Waals surface area (Å²) in [7, 11) is 0. The lowest BCUT2D eigenvalue weighted by molar-refractivity contribution is -0.385. The van der Waals surface area contributed by atoms with Crippen LogP contribution in [0.25, 0.3) is 5.69 Å². The molecule has 9 heteroatoms. The minimum absolute atomic E-state index is 0.0145. The molecule has 0 aliphatic heterocycles. The lowest BCUT2D eigenvalue weighted by Gasteiger charge is -2.05. The van der Waals surface area contributed by atoms with Crippen LogP contribution in [0.1, 0.15) is 5.82 Å². The normalized spacial score (nSPS) is 10.6. The summed E-state index contributed by atoms with van der Waals surface area (Å²) in [6.45, 7) is 0. The molecule has 0 aliphatic carbocycles. The molecule has 0 amide bonds. The van der Waals surface area contributed by atoms with Crippen molar-refractivity contribution in [1.82, 2.24) is 20.2 Å². The van der Waals surface area contributed by atoms with Crippen LogP contribution in [0.3, 0.4) is 0 Å². The van der Waals surface area contributed by atoms with E-state index in [-0.39, 0.29) is 11.4 Å². The van der Waals surface area contributed by atoms with E-state index in [1.807, 2.05) is 30.3 Å². The molecule has 23 heavy (non-hydrogen) atoms. The monoisotopic (exact) mass is 329 g/mol. The number of rotatable bonds is 5. The van der Waals surface area contributed by atoms with Gasteiger partial charge in [0.2, 0.25) is 0 Å². The molecule has 0 saturated carbocycles. The number of aromatic nitrogens is 4. The number of nitro groups is 1. The van der Waals surface area contributed by atoms with E-state index in [1.165, 1.54) is 30.0 Å². The third-order valence-electron chi connectivity index (χ3n) is 3.05. The molecular weight excluding hydrogens is 318 g/mol. The van der Waals surface area contributed by atoms with Crippen molar-refractivity contribution in [2.24, 2.45) is 0 Å². The number of nitro benzene ring substituents is 1. The number of hydrogen-bond donors (Lipinski definition) is 1. The molecule has 116 valence electrons. The van der Waals surface area contributed by atoms with Gasteiger partial charge in [0, 0.05) is 12.1 Å². The lowest BCUT2D eigenvalue weighted by Crippen LogP contribution is -2.01. The fourth-order valence-corrected chi connectivity index (χ4v) is 2.82. The highest BCUT2D eigenvalue weighted by Crippen LogP contribution is 2.33. The van der Waals surface area contributed by atoms with Gasteiger partial charge in [-0.15, -0.1) is 16.9 Å². The highest BCUT2D eigenvalue weighted by molar-refractivity contribution is 7.98. The first-order valence-electron chi connectivity index (χ1n) is 6.58. The Morgan fingerprint density at radius 3 is 2.74 bits per heavy atom. The van der Waals surface area contributed by atoms with E-state index in [4.69, 9.17) is 0 Å². The molecule has 0 radical (unpaired) electrons. The number of non-ortho nitro benzene ring substituents is 1. The van der Waals surface area contributed by atoms with Gasteiger partial charge in [-0.25, -0.2) is 0 Å². The Labute approximate surface area is 134 Å². The van der Waals surface area contributed by atoms with E-state index in [1.54, 1.807) is 4.68 Å². The van der Waals surface area contributed by atoms with Gasteiger partial charge in [0.1, 0.15) is 5.75 Å². The van der Waals surface area contributed by atoms with Crippen LogP contribution in [-0.4, -0.2) is 30.2 Å². The Hall–Kier alpha value is -2.94. The van der Waals surface area contributed by atoms with Crippen molar-refractivity contribution in [2.75, 3.05) is 0 Å². The van der Waals surface area contributed by atoms with Crippen LogP contribution < -0.4 is 0 Å². The summed E-state index contributed by atoms with van der Waals surface area (Å²) >= 11 is 1.23. The third kappa shape index (κ3) is 3.29. The maximum atomic E-state index is 10.8. The molecule has 0 aliphatic rings. The predicted molar refractivity (Wildman–Crippen MR) is 83.5 cm³/mol. The summed E-state index contributed by atoms with van der Waals surface area (Å²) in [5.41, 5.74) is 0.740. The van der Waals surface area contributed by atoms with Crippen molar-refractivity contribution in [3.8, 4) is 11.4 Å². The quantitative estimate of drug-likeness (QED) is 0.435. The zero-order valence-corrected chi connectivity index (χ0v) is 12.6. The lowest BCUT2D eigenvalue weighted by atomic mass is 10.3. The fourth-order valence-electron chi connectivity index (χ4n) is 1.94. The molecule has 0 atom stereocenters. The molecule has 0 saturated heterocycles. The van der Waals surface area contributed by atoms with E-state index in [0.717, 1.165) is 5.69 Å². The highest BCUT2D eigenvalue weighted by atomic mass is 32.2. The van der Waals surface area contributed by atoms with Gasteiger partial charge in [0.15, 0.2) is 5.82 Å². The Balaban J connectivity index is 1.81. The van der Waals surface area contributed by atoms with Gasteiger partial charge >= 0.3 is 0 Å². The molecule has 2 aromatic carbocycles. The standard InChI is InChI=1S/C14H11N5O3S/c20-12-7-6-11(19(21)22)8-13(12)23-9-14-15-16-17-18(14)10-4-2-1-3-5-10/h1-8,20H,9H2. The number of tetrazole rings is 1. The van der Waals surface area contributed by atoms with E-state index >= 15 is 0 Å². The van der Waals surface area contributed by atoms with Crippen LogP contribution in [0.4, 0.5) is 5.69 Å². The minimum Gasteiger partial charge on any atom is -0.507 e. The van der Waals surface area contributed by atoms with Crippen molar-refractivity contribution in [3.63, 3.8) is 0 Å². The number of nitrogens with zero attached hydrogens (tertiary/aromatic N) is 5. The topological polar surface area (TPSA) is 107 Å². The molecule has 8 nitrogen and oxygen atoms in total. The van der Waals surface area contributed by atoms with Crippen molar-refractivity contribution in [1.29, 1.82) is 0 Å². The number of phenolic OH excluding ortho intramolecular Hbond substituents is 1. The zero-order valence-electron chi connectivity index (χ0n) is 11.7. The van der Waals surface area contributed by atoms with Crippen LogP contribution in [-0.2, 0) is 5.75 Å². The van der Waals surface area contributed by atoms with E-state index in [9.17, 15) is 15.2 Å². The Kier molecular flexibility index (Phi) is 4.20. The Morgan fingerprint density at radius 1 is 1.22 bits per heavy atom. The second-order valence-electron chi connectivity index (χ2n) is 4.54. The van der Waals surface area contributed by atoms with Crippen LogP contribution in [0.2, 0.25) is 0 Å². The molecule has 0 bridgehead atoms. The van der Waals surface area contributed by atoms with Crippen LogP contribution in [0, 0.1) is 10.1 Å². The summed E-state index contributed by atoms with van der Waals surface area (Å²) < 4.78 is 1.58. The van der Waals surface area contributed by atoms with E-state index in [2.05, 4.69) is 15.5 Å². The van der Waals surface area contributed by atoms with E-state index in [0.29, 0.717) is 16.5 Å². The van der Waals surface area contributed by atoms with Crippen molar-refractivity contribution in [3.05, 3.63) is 64.5 Å². The van der Waals surface area contributed by atoms with Gasteiger partial charge in [-0.1, -0.05) is 18.2 Å². The maximum Gasteiger partial charge on any atom is 0.270 e. The molecular formula is C14H11N5O3S. The number of phenols is 1. The van der Waals surface area contributed by atoms with Crippen molar-refractivity contribution < 1.29 is 10.0 Å². The molecule has 1 N–H and O–H groups in total. The van der Waals surface area contributed by atoms with Gasteiger partial charge in [0.25, 0.3) is 5.69 Å². The van der Waals surface area contributed by atoms with Gasteiger partial charge in [0.05, 0.1) is 21.3 Å². The smallest absolute Gasteiger partial charge is 0.270 e. The largest absolute Gasteiger partial charge is 0.507 e. The highest BCUT2D eigenvalue weighted by Gasteiger charge is 2.13. The Morgan fingerprint density at radius 2 is 2.00 bits per heavy atom. The summed E-state index contributed by atoms with van der Waals surface area (Å²) in [5, 5.41) is 32.2. The zero-order chi connectivity index (χ0) is 16.2. The van der Waals surface area contributed by atoms with Crippen LogP contribution >= 0.6 is 11.8 Å². The molecule has 1 heterocycles. The summed E-state index contributed by atoms with van der Waals surface area (Å²) in [5.74, 6) is 0.919. The Bertz CT molecular complexity index is 837. The molecule has 3 rings (SSSR count). The van der Waals surface area contributed by atoms with Crippen LogP contribution in [0.15, 0.2) is 53.4 Å². The molecule has 0 fully saturated rings. The first kappa shape index (κ1) is 15.0. The maximum absolute atomic E-state index is 10.8.